The summed E-state index contributed by atoms with van der Waals surface area (Å²) in [6.07, 6.45) is 3.11. The third-order valence-electron chi connectivity index (χ3n) is 5.09. The Morgan fingerprint density at radius 1 is 1.19 bits per heavy atom. The number of nitrogens with zero attached hydrogens (tertiary/aromatic N) is 1. The topological polar surface area (TPSA) is 34.0 Å². The van der Waals surface area contributed by atoms with Crippen LogP contribution in [0.3, 0.4) is 0 Å². The first-order valence-corrected chi connectivity index (χ1v) is 9.54. The van der Waals surface area contributed by atoms with Gasteiger partial charge >= 0.3 is 0 Å². The minimum atomic E-state index is 0.211. The number of hydrogen-bond donors (Lipinski definition) is 1. The summed E-state index contributed by atoms with van der Waals surface area (Å²) in [4.78, 5) is 15.8. The van der Waals surface area contributed by atoms with E-state index in [0.717, 1.165) is 30.8 Å². The summed E-state index contributed by atoms with van der Waals surface area (Å²) in [5.74, 6) is 1.10. The second-order valence-electron chi connectivity index (χ2n) is 7.31. The molecule has 1 heterocycles. The zero-order valence-corrected chi connectivity index (χ0v) is 16.5. The molecule has 0 saturated heterocycles. The predicted octanol–water partition coefficient (Wildman–Crippen LogP) is 2.33. The maximum atomic E-state index is 12.7. The van der Waals surface area contributed by atoms with Crippen LogP contribution >= 0.6 is 0 Å². The highest BCUT2D eigenvalue weighted by atomic mass is 16.5. The molecule has 2 aromatic carbocycles. The zero-order valence-electron chi connectivity index (χ0n) is 16.5. The number of quaternary nitrogens is 1. The van der Waals surface area contributed by atoms with Crippen molar-refractivity contribution in [3.05, 3.63) is 71.3 Å². The first kappa shape index (κ1) is 19.2. The van der Waals surface area contributed by atoms with Crippen LogP contribution in [0.25, 0.3) is 5.57 Å². The van der Waals surface area contributed by atoms with Gasteiger partial charge in [0.25, 0.3) is 5.91 Å². The van der Waals surface area contributed by atoms with E-state index in [1.54, 1.807) is 7.11 Å². The lowest BCUT2D eigenvalue weighted by atomic mass is 9.99. The van der Waals surface area contributed by atoms with Crippen LogP contribution in [0.2, 0.25) is 0 Å². The number of ether oxygens (including phenoxy) is 1. The quantitative estimate of drug-likeness (QED) is 0.853. The molecule has 1 N–H and O–H groups in total. The van der Waals surface area contributed by atoms with Gasteiger partial charge in [-0.25, -0.2) is 0 Å². The van der Waals surface area contributed by atoms with Gasteiger partial charge in [-0.15, -0.1) is 0 Å². The maximum absolute atomic E-state index is 12.7. The van der Waals surface area contributed by atoms with Gasteiger partial charge in [-0.05, 0) is 36.6 Å². The van der Waals surface area contributed by atoms with E-state index in [4.69, 9.17) is 4.74 Å². The third kappa shape index (κ3) is 4.98. The van der Waals surface area contributed by atoms with Crippen LogP contribution in [0.1, 0.15) is 23.1 Å². The van der Waals surface area contributed by atoms with Crippen LogP contribution in [0.4, 0.5) is 0 Å². The lowest BCUT2D eigenvalue weighted by Crippen LogP contribution is -3.08. The summed E-state index contributed by atoms with van der Waals surface area (Å²) in [6, 6.07) is 16.6. The summed E-state index contributed by atoms with van der Waals surface area (Å²) in [6.45, 7) is 4.83. The molecule has 1 aliphatic heterocycles. The van der Waals surface area contributed by atoms with Crippen molar-refractivity contribution in [1.29, 1.82) is 0 Å². The first-order valence-electron chi connectivity index (χ1n) is 9.54. The van der Waals surface area contributed by atoms with Crippen LogP contribution in [0.15, 0.2) is 54.6 Å². The van der Waals surface area contributed by atoms with E-state index in [2.05, 4.69) is 50.4 Å². The highest BCUT2D eigenvalue weighted by Crippen LogP contribution is 2.22. The largest absolute Gasteiger partial charge is 0.496 e. The number of rotatable bonds is 6. The minimum absolute atomic E-state index is 0.211. The van der Waals surface area contributed by atoms with Gasteiger partial charge in [-0.1, -0.05) is 48.0 Å². The second-order valence-corrected chi connectivity index (χ2v) is 7.31. The molecule has 0 saturated carbocycles. The Balaban J connectivity index is 1.56. The number of hydrogen-bond acceptors (Lipinski definition) is 2. The average Bonchev–Trinajstić information content (AvgIpc) is 2.69. The highest BCUT2D eigenvalue weighted by molar-refractivity contribution is 5.79. The normalized spacial score (nSPS) is 15.2. The Kier molecular flexibility index (Phi) is 6.30. The van der Waals surface area contributed by atoms with Crippen LogP contribution in [0.5, 0.6) is 5.75 Å². The second kappa shape index (κ2) is 8.87. The number of nitrogens with one attached hydrogen (secondary N) is 1. The molecular weight excluding hydrogens is 336 g/mol. The summed E-state index contributed by atoms with van der Waals surface area (Å²) < 4.78 is 5.46. The Labute approximate surface area is 162 Å². The number of aryl methyl sites for hydroxylation is 1. The van der Waals surface area contributed by atoms with E-state index in [1.807, 2.05) is 23.1 Å². The van der Waals surface area contributed by atoms with Crippen molar-refractivity contribution in [2.24, 2.45) is 0 Å². The van der Waals surface area contributed by atoms with Gasteiger partial charge in [0.05, 0.1) is 14.2 Å². The minimum Gasteiger partial charge on any atom is -0.496 e. The first-order chi connectivity index (χ1) is 13.1. The summed E-state index contributed by atoms with van der Waals surface area (Å²) in [5, 5.41) is 0. The smallest absolute Gasteiger partial charge is 0.278 e. The molecule has 4 nitrogen and oxygen atoms in total. The SMILES string of the molecule is COc1ccc(C)cc1C[NH+](C)CC(=O)N1CC=C(c2ccccc2)CC1. The van der Waals surface area contributed by atoms with Gasteiger partial charge in [-0.3, -0.25) is 4.79 Å². The molecule has 1 unspecified atom stereocenters. The molecule has 142 valence electrons. The Bertz CT molecular complexity index is 814. The Morgan fingerprint density at radius 3 is 2.63 bits per heavy atom. The van der Waals surface area contributed by atoms with Crippen molar-refractivity contribution < 1.29 is 14.4 Å². The van der Waals surface area contributed by atoms with E-state index >= 15 is 0 Å². The van der Waals surface area contributed by atoms with E-state index < -0.39 is 0 Å². The molecule has 27 heavy (non-hydrogen) atoms. The standard InChI is InChI=1S/C23H28N2O2/c1-18-9-10-22(27-3)21(15-18)16-24(2)17-23(26)25-13-11-20(12-14-25)19-7-5-4-6-8-19/h4-11,15H,12-14,16-17H2,1-3H3/p+1. The van der Waals surface area contributed by atoms with E-state index in [0.29, 0.717) is 13.1 Å². The molecule has 2 aromatic rings. The molecule has 0 spiro atoms. The lowest BCUT2D eigenvalue weighted by Gasteiger charge is -2.27. The zero-order chi connectivity index (χ0) is 19.2. The lowest BCUT2D eigenvalue weighted by molar-refractivity contribution is -0.885. The van der Waals surface area contributed by atoms with E-state index in [-0.39, 0.29) is 5.91 Å². The fourth-order valence-electron chi connectivity index (χ4n) is 3.61. The predicted molar refractivity (Wildman–Crippen MR) is 109 cm³/mol. The molecule has 0 fully saturated rings. The van der Waals surface area contributed by atoms with Crippen molar-refractivity contribution in [1.82, 2.24) is 4.90 Å². The van der Waals surface area contributed by atoms with Crippen molar-refractivity contribution in [3.8, 4) is 5.75 Å². The Morgan fingerprint density at radius 2 is 1.96 bits per heavy atom. The van der Waals surface area contributed by atoms with Crippen LogP contribution < -0.4 is 9.64 Å². The molecule has 1 amide bonds. The van der Waals surface area contributed by atoms with Crippen molar-refractivity contribution in [2.45, 2.75) is 19.9 Å². The van der Waals surface area contributed by atoms with Gasteiger partial charge < -0.3 is 14.5 Å². The van der Waals surface area contributed by atoms with Crippen molar-refractivity contribution in [3.63, 3.8) is 0 Å². The fourth-order valence-corrected chi connectivity index (χ4v) is 3.61. The van der Waals surface area contributed by atoms with Crippen LogP contribution in [0, 0.1) is 6.92 Å². The van der Waals surface area contributed by atoms with Crippen molar-refractivity contribution in [2.75, 3.05) is 33.8 Å². The number of methoxy groups -OCH3 is 1. The molecular formula is C23H29N2O2+. The monoisotopic (exact) mass is 365 g/mol. The van der Waals surface area contributed by atoms with E-state index in [9.17, 15) is 4.79 Å². The number of amides is 1. The van der Waals surface area contributed by atoms with Crippen LogP contribution in [-0.4, -0.2) is 44.6 Å². The van der Waals surface area contributed by atoms with E-state index in [1.165, 1.54) is 21.6 Å². The van der Waals surface area contributed by atoms with Crippen LogP contribution in [-0.2, 0) is 11.3 Å². The molecule has 4 heteroatoms. The summed E-state index contributed by atoms with van der Waals surface area (Å²) in [7, 11) is 3.76. The van der Waals surface area contributed by atoms with Gasteiger partial charge in [0.1, 0.15) is 12.3 Å². The number of likely N-dealkylation sites (N-methyl/N-ethyl adjacent to an activating group) is 1. The van der Waals surface area contributed by atoms with Gasteiger partial charge in [0.2, 0.25) is 0 Å². The molecule has 3 rings (SSSR count). The molecule has 1 atom stereocenters. The Hall–Kier alpha value is -2.59. The number of carbonyl (C=O) groups excluding carboxylic acids is 1. The number of carbonyl (C=O) groups is 1. The highest BCUT2D eigenvalue weighted by Gasteiger charge is 2.21. The summed E-state index contributed by atoms with van der Waals surface area (Å²) >= 11 is 0. The number of benzene rings is 2. The molecule has 0 bridgehead atoms. The average molecular weight is 365 g/mol. The van der Waals surface area contributed by atoms with Gasteiger partial charge in [-0.2, -0.15) is 0 Å². The molecule has 0 aromatic heterocycles. The molecule has 1 aliphatic rings. The molecule has 0 radical (unpaired) electrons. The third-order valence-corrected chi connectivity index (χ3v) is 5.09. The van der Waals surface area contributed by atoms with Crippen molar-refractivity contribution >= 4 is 11.5 Å². The fraction of sp³-hybridized carbons (Fsp3) is 0.348. The molecule has 0 aliphatic carbocycles. The maximum Gasteiger partial charge on any atom is 0.278 e. The summed E-state index contributed by atoms with van der Waals surface area (Å²) in [5.41, 5.74) is 4.95. The van der Waals surface area contributed by atoms with Gasteiger partial charge in [0, 0.05) is 18.7 Å². The van der Waals surface area contributed by atoms with Gasteiger partial charge in [0.15, 0.2) is 6.54 Å².